The first kappa shape index (κ1) is 13.7. The Kier molecular flexibility index (Phi) is 4.68. The summed E-state index contributed by atoms with van der Waals surface area (Å²) < 4.78 is 5.33. The minimum Gasteiger partial charge on any atom is -0.377 e. The number of carbonyl (C=O) groups is 1. The summed E-state index contributed by atoms with van der Waals surface area (Å²) in [6.45, 7) is 6.63. The number of hydrogen-bond acceptors (Lipinski definition) is 5. The summed E-state index contributed by atoms with van der Waals surface area (Å²) in [4.78, 5) is 22.6. The average molecular weight is 264 g/mol. The zero-order valence-corrected chi connectivity index (χ0v) is 11.4. The second-order valence-corrected chi connectivity index (χ2v) is 4.64. The summed E-state index contributed by atoms with van der Waals surface area (Å²) in [5.74, 6) is 0.567. The van der Waals surface area contributed by atoms with Crippen LogP contribution in [0, 0.1) is 0 Å². The summed E-state index contributed by atoms with van der Waals surface area (Å²) in [5, 5.41) is 3.13. The van der Waals surface area contributed by atoms with Crippen LogP contribution in [-0.4, -0.2) is 53.1 Å². The molecule has 0 aliphatic carbocycles. The van der Waals surface area contributed by atoms with E-state index in [0.29, 0.717) is 31.3 Å². The van der Waals surface area contributed by atoms with E-state index in [1.807, 2.05) is 6.92 Å². The maximum Gasteiger partial charge on any atom is 0.274 e. The van der Waals surface area contributed by atoms with Crippen molar-refractivity contribution in [3.05, 3.63) is 18.1 Å². The van der Waals surface area contributed by atoms with Gasteiger partial charge in [0.2, 0.25) is 0 Å². The number of nitrogens with zero attached hydrogens (tertiary/aromatic N) is 3. The average Bonchev–Trinajstić information content (AvgIpc) is 2.45. The Labute approximate surface area is 113 Å². The number of hydrogen-bond donors (Lipinski definition) is 1. The molecule has 1 unspecified atom stereocenters. The van der Waals surface area contributed by atoms with E-state index in [4.69, 9.17) is 4.74 Å². The molecule has 2 heterocycles. The van der Waals surface area contributed by atoms with Crippen LogP contribution in [0.5, 0.6) is 0 Å². The minimum atomic E-state index is -0.0801. The van der Waals surface area contributed by atoms with Crippen molar-refractivity contribution in [2.75, 3.05) is 31.6 Å². The van der Waals surface area contributed by atoms with Crippen molar-refractivity contribution in [1.29, 1.82) is 0 Å². The molecule has 1 aliphatic rings. The van der Waals surface area contributed by atoms with Gasteiger partial charge in [0.05, 0.1) is 31.6 Å². The van der Waals surface area contributed by atoms with E-state index >= 15 is 0 Å². The largest absolute Gasteiger partial charge is 0.377 e. The van der Waals surface area contributed by atoms with Gasteiger partial charge in [-0.2, -0.15) is 0 Å². The van der Waals surface area contributed by atoms with Crippen LogP contribution < -0.4 is 5.32 Å². The van der Waals surface area contributed by atoms with Crippen LogP contribution in [0.3, 0.4) is 0 Å². The molecule has 1 aromatic rings. The Morgan fingerprint density at radius 3 is 3.16 bits per heavy atom. The predicted octanol–water partition coefficient (Wildman–Crippen LogP) is 1.16. The van der Waals surface area contributed by atoms with Crippen molar-refractivity contribution in [2.24, 2.45) is 0 Å². The second-order valence-electron chi connectivity index (χ2n) is 4.64. The summed E-state index contributed by atoms with van der Waals surface area (Å²) in [5.41, 5.74) is 0.384. The van der Waals surface area contributed by atoms with Gasteiger partial charge in [-0.15, -0.1) is 0 Å². The second kappa shape index (κ2) is 6.47. The number of carbonyl (C=O) groups excluding carboxylic acids is 1. The number of aromatic nitrogens is 2. The minimum absolute atomic E-state index is 0.0790. The molecule has 2 rings (SSSR count). The van der Waals surface area contributed by atoms with E-state index in [0.717, 1.165) is 13.0 Å². The van der Waals surface area contributed by atoms with Crippen molar-refractivity contribution in [3.63, 3.8) is 0 Å². The highest BCUT2D eigenvalue weighted by molar-refractivity contribution is 5.92. The first-order valence-electron chi connectivity index (χ1n) is 6.67. The zero-order valence-electron chi connectivity index (χ0n) is 11.4. The van der Waals surface area contributed by atoms with Crippen molar-refractivity contribution in [3.8, 4) is 0 Å². The standard InChI is InChI=1S/C13H20N4O2/c1-3-4-15-12-8-14-7-11(16-12)13(18)17-5-6-19-9-10(17)2/h7-8,10H,3-6,9H2,1-2H3,(H,15,16). The summed E-state index contributed by atoms with van der Waals surface area (Å²) >= 11 is 0. The van der Waals surface area contributed by atoms with Gasteiger partial charge in [-0.05, 0) is 13.3 Å². The van der Waals surface area contributed by atoms with E-state index in [2.05, 4.69) is 22.2 Å². The molecule has 1 fully saturated rings. The molecule has 1 saturated heterocycles. The monoisotopic (exact) mass is 264 g/mol. The third-order valence-electron chi connectivity index (χ3n) is 3.04. The lowest BCUT2D eigenvalue weighted by Crippen LogP contribution is -2.47. The van der Waals surface area contributed by atoms with Crippen LogP contribution in [0.15, 0.2) is 12.4 Å². The number of morpholine rings is 1. The topological polar surface area (TPSA) is 67.4 Å². The van der Waals surface area contributed by atoms with Crippen molar-refractivity contribution in [1.82, 2.24) is 14.9 Å². The van der Waals surface area contributed by atoms with Crippen LogP contribution in [0.1, 0.15) is 30.8 Å². The molecule has 1 aliphatic heterocycles. The molecule has 19 heavy (non-hydrogen) atoms. The van der Waals surface area contributed by atoms with Crippen LogP contribution in [-0.2, 0) is 4.74 Å². The molecule has 6 nitrogen and oxygen atoms in total. The van der Waals surface area contributed by atoms with Crippen LogP contribution in [0.25, 0.3) is 0 Å². The lowest BCUT2D eigenvalue weighted by molar-refractivity contribution is 0.00325. The Morgan fingerprint density at radius 1 is 1.58 bits per heavy atom. The number of amides is 1. The predicted molar refractivity (Wildman–Crippen MR) is 72.1 cm³/mol. The van der Waals surface area contributed by atoms with Crippen LogP contribution >= 0.6 is 0 Å². The first-order chi connectivity index (χ1) is 9.22. The zero-order chi connectivity index (χ0) is 13.7. The van der Waals surface area contributed by atoms with Crippen LogP contribution in [0.2, 0.25) is 0 Å². The van der Waals surface area contributed by atoms with Crippen LogP contribution in [0.4, 0.5) is 5.82 Å². The number of rotatable bonds is 4. The van der Waals surface area contributed by atoms with Gasteiger partial charge in [0.25, 0.3) is 5.91 Å². The molecular formula is C13H20N4O2. The van der Waals surface area contributed by atoms with Crippen molar-refractivity contribution in [2.45, 2.75) is 26.3 Å². The van der Waals surface area contributed by atoms with Gasteiger partial charge in [0.15, 0.2) is 0 Å². The van der Waals surface area contributed by atoms with Gasteiger partial charge in [-0.25, -0.2) is 4.98 Å². The van der Waals surface area contributed by atoms with Gasteiger partial charge in [0.1, 0.15) is 11.5 Å². The van der Waals surface area contributed by atoms with Crippen molar-refractivity contribution < 1.29 is 9.53 Å². The normalized spacial score (nSPS) is 19.3. The van der Waals surface area contributed by atoms with Gasteiger partial charge < -0.3 is 15.0 Å². The molecular weight excluding hydrogens is 244 g/mol. The molecule has 104 valence electrons. The Balaban J connectivity index is 2.09. The van der Waals surface area contributed by atoms with E-state index in [1.54, 1.807) is 11.1 Å². The lowest BCUT2D eigenvalue weighted by atomic mass is 10.2. The Bertz CT molecular complexity index is 438. The molecule has 1 amide bonds. The summed E-state index contributed by atoms with van der Waals surface area (Å²) in [6.07, 6.45) is 4.15. The van der Waals surface area contributed by atoms with E-state index in [-0.39, 0.29) is 11.9 Å². The Hall–Kier alpha value is -1.69. The van der Waals surface area contributed by atoms with Gasteiger partial charge in [0, 0.05) is 13.1 Å². The quantitative estimate of drug-likeness (QED) is 0.884. The Morgan fingerprint density at radius 2 is 2.42 bits per heavy atom. The molecule has 1 atom stereocenters. The fourth-order valence-corrected chi connectivity index (χ4v) is 1.98. The lowest BCUT2D eigenvalue weighted by Gasteiger charge is -2.32. The molecule has 0 spiro atoms. The van der Waals surface area contributed by atoms with Gasteiger partial charge >= 0.3 is 0 Å². The molecule has 0 saturated carbocycles. The molecule has 1 N–H and O–H groups in total. The van der Waals surface area contributed by atoms with E-state index in [9.17, 15) is 4.79 Å². The maximum absolute atomic E-state index is 12.4. The smallest absolute Gasteiger partial charge is 0.274 e. The fourth-order valence-electron chi connectivity index (χ4n) is 1.98. The van der Waals surface area contributed by atoms with Crippen molar-refractivity contribution >= 4 is 11.7 Å². The van der Waals surface area contributed by atoms with E-state index < -0.39 is 0 Å². The third kappa shape index (κ3) is 3.41. The number of ether oxygens (including phenoxy) is 1. The van der Waals surface area contributed by atoms with Gasteiger partial charge in [-0.1, -0.05) is 6.92 Å². The summed E-state index contributed by atoms with van der Waals surface area (Å²) in [6, 6.07) is 0.0790. The number of nitrogens with one attached hydrogen (secondary N) is 1. The van der Waals surface area contributed by atoms with Gasteiger partial charge in [-0.3, -0.25) is 9.78 Å². The third-order valence-corrected chi connectivity index (χ3v) is 3.04. The maximum atomic E-state index is 12.4. The molecule has 0 radical (unpaired) electrons. The molecule has 0 aromatic carbocycles. The fraction of sp³-hybridized carbons (Fsp3) is 0.615. The number of anilines is 1. The van der Waals surface area contributed by atoms with E-state index in [1.165, 1.54) is 6.20 Å². The highest BCUT2D eigenvalue weighted by Gasteiger charge is 2.25. The summed E-state index contributed by atoms with van der Waals surface area (Å²) in [7, 11) is 0. The highest BCUT2D eigenvalue weighted by atomic mass is 16.5. The first-order valence-corrected chi connectivity index (χ1v) is 6.67. The molecule has 1 aromatic heterocycles. The molecule has 6 heteroatoms. The highest BCUT2D eigenvalue weighted by Crippen LogP contribution is 2.11. The SMILES string of the molecule is CCCNc1cncc(C(=O)N2CCOCC2C)n1. The molecule has 0 bridgehead atoms.